The number of halogens is 4. The van der Waals surface area contributed by atoms with Gasteiger partial charge in [-0.15, -0.1) is 22.7 Å². The minimum Gasteiger partial charge on any atom is -0.481 e. The maximum atomic E-state index is 13.5. The van der Waals surface area contributed by atoms with Crippen molar-refractivity contribution >= 4 is 78.5 Å². The molecule has 4 heterocycles. The van der Waals surface area contributed by atoms with Crippen molar-refractivity contribution in [2.24, 2.45) is 0 Å². The number of carboxylic acid groups (broad SMARTS) is 1. The number of thiophene rings is 2. The summed E-state index contributed by atoms with van der Waals surface area (Å²) in [4.78, 5) is 59.3. The van der Waals surface area contributed by atoms with E-state index in [2.05, 4.69) is 9.97 Å². The molecule has 0 aliphatic carbocycles. The molecule has 4 aromatic carbocycles. The smallest absolute Gasteiger partial charge is 0.313 e. The molecular formula is C40H25F4N5O6S4. The number of aliphatic carboxylic acids is 1. The van der Waals surface area contributed by atoms with E-state index in [1.54, 1.807) is 35.0 Å². The van der Waals surface area contributed by atoms with Gasteiger partial charge >= 0.3 is 5.97 Å². The molecule has 0 aliphatic rings. The van der Waals surface area contributed by atoms with Crippen molar-refractivity contribution in [3.8, 4) is 33.6 Å². The van der Waals surface area contributed by atoms with Gasteiger partial charge in [0.1, 0.15) is 32.9 Å². The second kappa shape index (κ2) is 17.8. The zero-order chi connectivity index (χ0) is 41.8. The Morgan fingerprint density at radius 1 is 0.593 bits per heavy atom. The minimum atomic E-state index is -1.05. The molecule has 0 fully saturated rings. The summed E-state index contributed by atoms with van der Waals surface area (Å²) < 4.78 is 55.9. The van der Waals surface area contributed by atoms with Gasteiger partial charge in [0.15, 0.2) is 10.3 Å². The third-order valence-corrected chi connectivity index (χ3v) is 12.0. The molecular weight excluding hydrogens is 851 g/mol. The highest BCUT2D eigenvalue weighted by Crippen LogP contribution is 2.35. The van der Waals surface area contributed by atoms with Crippen molar-refractivity contribution in [2.75, 3.05) is 11.5 Å². The number of carbonyl (C=O) groups is 2. The molecule has 19 heteroatoms. The van der Waals surface area contributed by atoms with Crippen LogP contribution in [-0.2, 0) is 9.59 Å². The normalized spacial score (nSPS) is 11.1. The van der Waals surface area contributed by atoms with Crippen molar-refractivity contribution in [1.82, 2.24) is 24.6 Å². The number of amides is 1. The molecule has 59 heavy (non-hydrogen) atoms. The van der Waals surface area contributed by atoms with Gasteiger partial charge in [0.25, 0.3) is 17.0 Å². The zero-order valence-electron chi connectivity index (χ0n) is 29.8. The standard InChI is InChI=1S/C20H13F2N3O3S2.C20H12F2N2O3S2/c21-12-3-1-11(2-4-12)15-9-29-18-17(15)19(27)25(14-7-5-13(22)6-8-14)20(23-18)30-10-16(26)24-28;21-12-3-1-11(2-4-12)15-9-28-18-17(15)19(27)24(14-7-5-13(22)6-8-14)20(23-18)29-10-16(25)26/h1-9,28H,10H2,(H,24,26);1-9H,10H2,(H,25,26). The fourth-order valence-electron chi connectivity index (χ4n) is 5.75. The molecule has 1 amide bonds. The Hall–Kier alpha value is -6.12. The average molecular weight is 876 g/mol. The van der Waals surface area contributed by atoms with Crippen LogP contribution in [0.25, 0.3) is 54.1 Å². The lowest BCUT2D eigenvalue weighted by molar-refractivity contribution is -0.134. The third-order valence-electron chi connectivity index (χ3n) is 8.42. The van der Waals surface area contributed by atoms with Crippen LogP contribution in [0.1, 0.15) is 0 Å². The van der Waals surface area contributed by atoms with E-state index < -0.39 is 34.6 Å². The summed E-state index contributed by atoms with van der Waals surface area (Å²) in [5, 5.41) is 22.4. The van der Waals surface area contributed by atoms with E-state index in [0.717, 1.165) is 23.5 Å². The number of carboxylic acids is 1. The van der Waals surface area contributed by atoms with Crippen molar-refractivity contribution < 1.29 is 37.5 Å². The Kier molecular flexibility index (Phi) is 12.4. The zero-order valence-corrected chi connectivity index (χ0v) is 33.0. The van der Waals surface area contributed by atoms with Gasteiger partial charge in [0.2, 0.25) is 0 Å². The average Bonchev–Trinajstić information content (AvgIpc) is 3.86. The molecule has 0 aliphatic heterocycles. The van der Waals surface area contributed by atoms with Crippen molar-refractivity contribution in [3.63, 3.8) is 0 Å². The molecule has 0 saturated carbocycles. The van der Waals surface area contributed by atoms with Gasteiger partial charge in [-0.1, -0.05) is 47.8 Å². The summed E-state index contributed by atoms with van der Waals surface area (Å²) in [6.45, 7) is 0. The molecule has 0 radical (unpaired) electrons. The highest BCUT2D eigenvalue weighted by molar-refractivity contribution is 8.00. The van der Waals surface area contributed by atoms with Crippen LogP contribution in [0.3, 0.4) is 0 Å². The Morgan fingerprint density at radius 2 is 0.949 bits per heavy atom. The number of rotatable bonds is 10. The van der Waals surface area contributed by atoms with E-state index in [-0.39, 0.29) is 33.5 Å². The fraction of sp³-hybridized carbons (Fsp3) is 0.0500. The number of benzene rings is 4. The molecule has 298 valence electrons. The third kappa shape index (κ3) is 8.98. The van der Waals surface area contributed by atoms with E-state index in [9.17, 15) is 36.7 Å². The number of fused-ring (bicyclic) bond motifs is 2. The lowest BCUT2D eigenvalue weighted by Crippen LogP contribution is -2.24. The number of thioether (sulfide) groups is 2. The minimum absolute atomic E-state index is 0.175. The molecule has 0 saturated heterocycles. The fourth-order valence-corrected chi connectivity index (χ4v) is 9.26. The van der Waals surface area contributed by atoms with Crippen LogP contribution < -0.4 is 16.6 Å². The van der Waals surface area contributed by atoms with Crippen LogP contribution in [0.4, 0.5) is 17.6 Å². The predicted molar refractivity (Wildman–Crippen MR) is 220 cm³/mol. The van der Waals surface area contributed by atoms with Crippen LogP contribution in [0, 0.1) is 23.3 Å². The maximum Gasteiger partial charge on any atom is 0.313 e. The summed E-state index contributed by atoms with van der Waals surface area (Å²) in [6.07, 6.45) is 0. The molecule has 4 aromatic heterocycles. The van der Waals surface area contributed by atoms with Crippen LogP contribution in [0.2, 0.25) is 0 Å². The van der Waals surface area contributed by atoms with E-state index in [1.807, 2.05) is 0 Å². The molecule has 3 N–H and O–H groups in total. The Bertz CT molecular complexity index is 2960. The van der Waals surface area contributed by atoms with Gasteiger partial charge in [0.05, 0.1) is 33.7 Å². The Labute approximate surface area is 346 Å². The van der Waals surface area contributed by atoms with Gasteiger partial charge < -0.3 is 5.11 Å². The van der Waals surface area contributed by atoms with Crippen molar-refractivity contribution in [1.29, 1.82) is 0 Å². The Morgan fingerprint density at radius 3 is 1.31 bits per heavy atom. The first-order chi connectivity index (χ1) is 28.4. The first-order valence-electron chi connectivity index (χ1n) is 16.9. The Balaban J connectivity index is 0.000000179. The number of hydroxylamine groups is 1. The first-order valence-corrected chi connectivity index (χ1v) is 20.7. The molecule has 0 spiro atoms. The number of nitrogens with zero attached hydrogens (tertiary/aromatic N) is 4. The molecule has 8 rings (SSSR count). The van der Waals surface area contributed by atoms with Crippen LogP contribution in [0.5, 0.6) is 0 Å². The molecule has 11 nitrogen and oxygen atoms in total. The van der Waals surface area contributed by atoms with E-state index in [1.165, 1.54) is 110 Å². The van der Waals surface area contributed by atoms with Gasteiger partial charge in [-0.05, 0) is 83.9 Å². The number of hydrogen-bond acceptors (Lipinski definition) is 11. The summed E-state index contributed by atoms with van der Waals surface area (Å²) in [5.41, 5.74) is 3.99. The maximum absolute atomic E-state index is 13.5. The van der Waals surface area contributed by atoms with Gasteiger partial charge in [-0.3, -0.25) is 33.5 Å². The highest BCUT2D eigenvalue weighted by atomic mass is 32.2. The summed E-state index contributed by atoms with van der Waals surface area (Å²) in [6, 6.07) is 22.1. The van der Waals surface area contributed by atoms with Crippen LogP contribution in [-0.4, -0.2) is 52.8 Å². The number of nitrogens with one attached hydrogen (secondary N) is 1. The van der Waals surface area contributed by atoms with E-state index >= 15 is 0 Å². The number of aromatic nitrogens is 4. The molecule has 0 bridgehead atoms. The lowest BCUT2D eigenvalue weighted by Gasteiger charge is -2.12. The summed E-state index contributed by atoms with van der Waals surface area (Å²) >= 11 is 4.35. The molecule has 0 unspecified atom stereocenters. The summed E-state index contributed by atoms with van der Waals surface area (Å²) in [5.74, 6) is -3.86. The first kappa shape index (κ1) is 41.1. The molecule has 0 atom stereocenters. The van der Waals surface area contributed by atoms with Crippen molar-refractivity contribution in [3.05, 3.63) is 152 Å². The summed E-state index contributed by atoms with van der Waals surface area (Å²) in [7, 11) is 0. The van der Waals surface area contributed by atoms with Gasteiger partial charge in [-0.2, -0.15) is 0 Å². The quantitative estimate of drug-likeness (QED) is 0.0400. The monoisotopic (exact) mass is 875 g/mol. The van der Waals surface area contributed by atoms with Crippen LogP contribution in [0.15, 0.2) is 128 Å². The second-order valence-corrected chi connectivity index (χ2v) is 15.8. The van der Waals surface area contributed by atoms with E-state index in [4.69, 9.17) is 10.3 Å². The highest BCUT2D eigenvalue weighted by Gasteiger charge is 2.21. The number of hydrogen-bond donors (Lipinski definition) is 3. The SMILES string of the molecule is O=C(CSc1nc2scc(-c3ccc(F)cc3)c2c(=O)n1-c1ccc(F)cc1)NO.O=C(O)CSc1nc2scc(-c3ccc(F)cc3)c2c(=O)n1-c1ccc(F)cc1. The number of carbonyl (C=O) groups excluding carboxylic acids is 1. The van der Waals surface area contributed by atoms with Gasteiger partial charge in [0, 0.05) is 21.9 Å². The lowest BCUT2D eigenvalue weighted by atomic mass is 10.1. The van der Waals surface area contributed by atoms with E-state index in [0.29, 0.717) is 54.1 Å². The van der Waals surface area contributed by atoms with Gasteiger partial charge in [-0.25, -0.2) is 33.0 Å². The van der Waals surface area contributed by atoms with Crippen molar-refractivity contribution in [2.45, 2.75) is 10.3 Å². The predicted octanol–water partition coefficient (Wildman–Crippen LogP) is 8.56. The molecule has 8 aromatic rings. The topological polar surface area (TPSA) is 156 Å². The van der Waals surface area contributed by atoms with Crippen LogP contribution >= 0.6 is 46.2 Å². The largest absolute Gasteiger partial charge is 0.481 e. The second-order valence-electron chi connectivity index (χ2n) is 12.2.